The first-order valence-corrected chi connectivity index (χ1v) is 18.3. The van der Waals surface area contributed by atoms with E-state index in [1.54, 1.807) is 0 Å². The number of aromatic nitrogens is 5. The summed E-state index contributed by atoms with van der Waals surface area (Å²) in [7, 11) is 0. The molecule has 6 heteroatoms. The van der Waals surface area contributed by atoms with Crippen molar-refractivity contribution in [3.8, 4) is 51.3 Å². The molecular weight excluding hydrogens is 663 g/mol. The molecule has 0 unspecified atom stereocenters. The number of H-pyrrole nitrogens is 1. The molecule has 0 atom stereocenters. The minimum absolute atomic E-state index is 0.320. The Morgan fingerprint density at radius 3 is 1.80 bits per heavy atom. The molecule has 4 heterocycles. The second-order valence-electron chi connectivity index (χ2n) is 14.6. The van der Waals surface area contributed by atoms with Gasteiger partial charge in [-0.15, -0.1) is 0 Å². The van der Waals surface area contributed by atoms with Crippen molar-refractivity contribution in [3.05, 3.63) is 169 Å². The SMILES string of the molecule is CC1(C)c2cc3c(cc2Oc2cc4c5ccccc5n(-c5cccc(-c6nc(-c7ccccc7)nc(-c7ccccc7)n6)c5)c4cc21)[nH]c1ccccc13. The molecule has 256 valence electrons. The van der Waals surface area contributed by atoms with Gasteiger partial charge in [0.25, 0.3) is 0 Å². The van der Waals surface area contributed by atoms with E-state index in [1.807, 2.05) is 60.7 Å². The summed E-state index contributed by atoms with van der Waals surface area (Å²) in [5, 5.41) is 4.73. The molecule has 0 saturated carbocycles. The highest BCUT2D eigenvalue weighted by Crippen LogP contribution is 2.51. The number of ether oxygens (including phenoxy) is 1. The molecule has 3 aromatic heterocycles. The largest absolute Gasteiger partial charge is 0.457 e. The number of hydrogen-bond donors (Lipinski definition) is 1. The molecular formula is C48H33N5O. The number of benzene rings is 7. The molecule has 11 rings (SSSR count). The topological polar surface area (TPSA) is 68.6 Å². The lowest BCUT2D eigenvalue weighted by Gasteiger charge is -2.34. The normalized spacial score (nSPS) is 13.3. The van der Waals surface area contributed by atoms with Gasteiger partial charge in [-0.05, 0) is 42.5 Å². The third-order valence-corrected chi connectivity index (χ3v) is 11.0. The quantitative estimate of drug-likeness (QED) is 0.199. The number of hydrogen-bond acceptors (Lipinski definition) is 4. The van der Waals surface area contributed by atoms with Gasteiger partial charge in [-0.25, -0.2) is 15.0 Å². The van der Waals surface area contributed by atoms with Crippen molar-refractivity contribution in [1.29, 1.82) is 0 Å². The van der Waals surface area contributed by atoms with E-state index in [2.05, 4.69) is 120 Å². The van der Waals surface area contributed by atoms with Crippen LogP contribution in [0.5, 0.6) is 11.5 Å². The van der Waals surface area contributed by atoms with Crippen LogP contribution in [0.2, 0.25) is 0 Å². The first-order valence-electron chi connectivity index (χ1n) is 18.3. The van der Waals surface area contributed by atoms with Gasteiger partial charge in [-0.1, -0.05) is 123 Å². The van der Waals surface area contributed by atoms with Gasteiger partial charge in [-0.2, -0.15) is 0 Å². The van der Waals surface area contributed by atoms with Crippen molar-refractivity contribution in [2.45, 2.75) is 19.3 Å². The van der Waals surface area contributed by atoms with Crippen LogP contribution in [0.4, 0.5) is 0 Å². The zero-order valence-corrected chi connectivity index (χ0v) is 29.7. The third kappa shape index (κ3) is 4.63. The van der Waals surface area contributed by atoms with Gasteiger partial charge in [0, 0.05) is 72.0 Å². The summed E-state index contributed by atoms with van der Waals surface area (Å²) in [6.07, 6.45) is 0. The highest BCUT2D eigenvalue weighted by Gasteiger charge is 2.36. The van der Waals surface area contributed by atoms with Crippen molar-refractivity contribution in [2.75, 3.05) is 0 Å². The van der Waals surface area contributed by atoms with E-state index in [1.165, 1.54) is 16.3 Å². The fraction of sp³-hybridized carbons (Fsp3) is 0.0625. The molecule has 54 heavy (non-hydrogen) atoms. The number of nitrogens with one attached hydrogen (secondary N) is 1. The Balaban J connectivity index is 1.09. The van der Waals surface area contributed by atoms with E-state index in [4.69, 9.17) is 19.7 Å². The molecule has 0 radical (unpaired) electrons. The van der Waals surface area contributed by atoms with E-state index in [0.29, 0.717) is 17.5 Å². The number of nitrogens with zero attached hydrogens (tertiary/aromatic N) is 4. The number of fused-ring (bicyclic) bond motifs is 8. The molecule has 0 aliphatic carbocycles. The van der Waals surface area contributed by atoms with Gasteiger partial charge in [0.2, 0.25) is 0 Å². The number of aromatic amines is 1. The maximum Gasteiger partial charge on any atom is 0.164 e. The van der Waals surface area contributed by atoms with Crippen LogP contribution in [0.25, 0.3) is 83.5 Å². The Bertz CT molecular complexity index is 3050. The Kier molecular flexibility index (Phi) is 6.49. The van der Waals surface area contributed by atoms with Gasteiger partial charge in [-0.3, -0.25) is 0 Å². The summed E-state index contributed by atoms with van der Waals surface area (Å²) in [5.41, 5.74) is 10.3. The third-order valence-electron chi connectivity index (χ3n) is 11.0. The lowest BCUT2D eigenvalue weighted by atomic mass is 9.75. The highest BCUT2D eigenvalue weighted by molar-refractivity contribution is 6.11. The van der Waals surface area contributed by atoms with Crippen molar-refractivity contribution in [2.24, 2.45) is 0 Å². The molecule has 0 spiro atoms. The van der Waals surface area contributed by atoms with E-state index in [-0.39, 0.29) is 5.41 Å². The highest BCUT2D eigenvalue weighted by atomic mass is 16.5. The molecule has 1 aliphatic heterocycles. The average Bonchev–Trinajstić information content (AvgIpc) is 3.75. The Morgan fingerprint density at radius 2 is 1.06 bits per heavy atom. The summed E-state index contributed by atoms with van der Waals surface area (Å²) in [5.74, 6) is 3.68. The molecule has 7 aromatic carbocycles. The molecule has 6 nitrogen and oxygen atoms in total. The van der Waals surface area contributed by atoms with Crippen molar-refractivity contribution in [3.63, 3.8) is 0 Å². The smallest absolute Gasteiger partial charge is 0.164 e. The minimum atomic E-state index is -0.320. The molecule has 1 aliphatic rings. The predicted octanol–water partition coefficient (Wildman–Crippen LogP) is 12.0. The van der Waals surface area contributed by atoms with Crippen LogP contribution in [0.3, 0.4) is 0 Å². The average molecular weight is 696 g/mol. The first-order chi connectivity index (χ1) is 26.5. The van der Waals surface area contributed by atoms with Gasteiger partial charge in [0.1, 0.15) is 11.5 Å². The maximum absolute atomic E-state index is 6.81. The van der Waals surface area contributed by atoms with Crippen LogP contribution in [0.1, 0.15) is 25.0 Å². The van der Waals surface area contributed by atoms with Crippen LogP contribution in [-0.4, -0.2) is 24.5 Å². The second-order valence-corrected chi connectivity index (χ2v) is 14.6. The lowest BCUT2D eigenvalue weighted by molar-refractivity contribution is 0.420. The van der Waals surface area contributed by atoms with Crippen molar-refractivity contribution >= 4 is 43.6 Å². The lowest BCUT2D eigenvalue weighted by Crippen LogP contribution is -2.24. The fourth-order valence-corrected chi connectivity index (χ4v) is 8.28. The number of para-hydroxylation sites is 2. The van der Waals surface area contributed by atoms with E-state index in [0.717, 1.165) is 72.3 Å². The zero-order valence-electron chi connectivity index (χ0n) is 29.7. The fourth-order valence-electron chi connectivity index (χ4n) is 8.28. The summed E-state index contributed by atoms with van der Waals surface area (Å²) >= 11 is 0. The summed E-state index contributed by atoms with van der Waals surface area (Å²) in [6.45, 7) is 4.62. The van der Waals surface area contributed by atoms with Crippen LogP contribution in [-0.2, 0) is 5.41 Å². The summed E-state index contributed by atoms with van der Waals surface area (Å²) in [6, 6.07) is 54.9. The van der Waals surface area contributed by atoms with Crippen LogP contribution in [0, 0.1) is 0 Å². The molecule has 0 bridgehead atoms. The monoisotopic (exact) mass is 695 g/mol. The van der Waals surface area contributed by atoms with Crippen LogP contribution < -0.4 is 4.74 Å². The Hall–Kier alpha value is -7.05. The first kappa shape index (κ1) is 30.6. The summed E-state index contributed by atoms with van der Waals surface area (Å²) < 4.78 is 9.17. The maximum atomic E-state index is 6.81. The van der Waals surface area contributed by atoms with Crippen LogP contribution in [0.15, 0.2) is 158 Å². The number of rotatable bonds is 4. The Labute approximate surface area is 311 Å². The molecule has 0 fully saturated rings. The summed E-state index contributed by atoms with van der Waals surface area (Å²) in [4.78, 5) is 18.6. The molecule has 0 amide bonds. The molecule has 10 aromatic rings. The van der Waals surface area contributed by atoms with E-state index >= 15 is 0 Å². The van der Waals surface area contributed by atoms with Crippen LogP contribution >= 0.6 is 0 Å². The van der Waals surface area contributed by atoms with E-state index in [9.17, 15) is 0 Å². The van der Waals surface area contributed by atoms with E-state index < -0.39 is 0 Å². The van der Waals surface area contributed by atoms with Gasteiger partial charge in [0.15, 0.2) is 17.5 Å². The van der Waals surface area contributed by atoms with Crippen molar-refractivity contribution < 1.29 is 4.74 Å². The van der Waals surface area contributed by atoms with Gasteiger partial charge < -0.3 is 14.3 Å². The second kappa shape index (κ2) is 11.5. The van der Waals surface area contributed by atoms with Gasteiger partial charge in [0.05, 0.1) is 16.6 Å². The molecule has 1 N–H and O–H groups in total. The van der Waals surface area contributed by atoms with Gasteiger partial charge >= 0.3 is 0 Å². The zero-order chi connectivity index (χ0) is 36.0. The molecule has 0 saturated heterocycles. The van der Waals surface area contributed by atoms with Crippen molar-refractivity contribution in [1.82, 2.24) is 24.5 Å². The minimum Gasteiger partial charge on any atom is -0.457 e. The standard InChI is InChI=1S/C48H33N5O/c1-48(2)37-25-35-33-20-9-11-22-39(33)49-40(35)28-44(37)54-43-26-36-34-21-10-12-23-41(34)53(42(36)27-38(43)48)32-19-13-18-31(24-32)47-51-45(29-14-5-3-6-15-29)50-46(52-47)30-16-7-4-8-17-30/h3-28,49H,1-2H3. The Morgan fingerprint density at radius 1 is 0.463 bits per heavy atom. The predicted molar refractivity (Wildman–Crippen MR) is 218 cm³/mol.